The Morgan fingerprint density at radius 2 is 1.76 bits per heavy atom. The summed E-state index contributed by atoms with van der Waals surface area (Å²) in [6, 6.07) is 19.5. The van der Waals surface area contributed by atoms with Gasteiger partial charge in [0.05, 0.1) is 28.9 Å². The van der Waals surface area contributed by atoms with Gasteiger partial charge in [-0.1, -0.05) is 41.4 Å². The number of fused-ring (bicyclic) bond motifs is 1. The minimum absolute atomic E-state index is 0.184. The molecule has 5 aromatic rings. The number of thiazole rings is 1. The number of aromatic nitrogens is 3. The highest BCUT2D eigenvalue weighted by Gasteiger charge is 2.24. The standard InChI is InChI=1S/C25H20ClN3O3S2/c1-16-3-10-21(11-4-16)34(30,31)29-24-12-9-20(32-2)14-22(24)23(28-29)13-19-15-33-25(27-19)17-5-7-18(26)8-6-17/h3-12,14-15H,13H2,1-2H3. The van der Waals surface area contributed by atoms with Gasteiger partial charge < -0.3 is 4.74 Å². The Morgan fingerprint density at radius 1 is 1.03 bits per heavy atom. The summed E-state index contributed by atoms with van der Waals surface area (Å²) in [7, 11) is -2.30. The lowest BCUT2D eigenvalue weighted by atomic mass is 10.1. The van der Waals surface area contributed by atoms with Crippen LogP contribution in [0.5, 0.6) is 5.75 Å². The first-order valence-electron chi connectivity index (χ1n) is 10.4. The van der Waals surface area contributed by atoms with E-state index in [4.69, 9.17) is 21.3 Å². The minimum atomic E-state index is -3.88. The molecule has 0 spiro atoms. The smallest absolute Gasteiger partial charge is 0.283 e. The fourth-order valence-electron chi connectivity index (χ4n) is 3.67. The van der Waals surface area contributed by atoms with Gasteiger partial charge in [0, 0.05) is 27.8 Å². The van der Waals surface area contributed by atoms with Gasteiger partial charge in [0.2, 0.25) is 0 Å². The van der Waals surface area contributed by atoms with Crippen molar-refractivity contribution in [2.75, 3.05) is 7.11 Å². The molecule has 0 amide bonds. The van der Waals surface area contributed by atoms with E-state index in [1.54, 1.807) is 43.5 Å². The summed E-state index contributed by atoms with van der Waals surface area (Å²) in [5, 5.41) is 8.74. The molecular formula is C25H20ClN3O3S2. The van der Waals surface area contributed by atoms with Gasteiger partial charge in [-0.25, -0.2) is 4.98 Å². The maximum Gasteiger partial charge on any atom is 0.283 e. The summed E-state index contributed by atoms with van der Waals surface area (Å²) in [6.07, 6.45) is 0.379. The van der Waals surface area contributed by atoms with E-state index in [2.05, 4.69) is 5.10 Å². The molecule has 0 aliphatic heterocycles. The Hall–Kier alpha value is -3.20. The summed E-state index contributed by atoms with van der Waals surface area (Å²) in [5.74, 6) is 0.626. The topological polar surface area (TPSA) is 74.1 Å². The number of benzene rings is 3. The van der Waals surface area contributed by atoms with Crippen molar-refractivity contribution in [3.05, 3.63) is 94.1 Å². The highest BCUT2D eigenvalue weighted by molar-refractivity contribution is 7.90. The van der Waals surface area contributed by atoms with Crippen LogP contribution in [0.3, 0.4) is 0 Å². The number of nitrogens with zero attached hydrogens (tertiary/aromatic N) is 3. The summed E-state index contributed by atoms with van der Waals surface area (Å²) < 4.78 is 33.4. The first-order chi connectivity index (χ1) is 16.3. The molecule has 0 unspecified atom stereocenters. The predicted molar refractivity (Wildman–Crippen MR) is 135 cm³/mol. The van der Waals surface area contributed by atoms with Crippen LogP contribution in [-0.2, 0) is 16.4 Å². The minimum Gasteiger partial charge on any atom is -0.497 e. The van der Waals surface area contributed by atoms with Crippen LogP contribution in [0.25, 0.3) is 21.5 Å². The van der Waals surface area contributed by atoms with E-state index in [1.807, 2.05) is 42.6 Å². The molecule has 34 heavy (non-hydrogen) atoms. The van der Waals surface area contributed by atoms with Crippen molar-refractivity contribution in [2.45, 2.75) is 18.2 Å². The van der Waals surface area contributed by atoms with Gasteiger partial charge in [-0.3, -0.25) is 0 Å². The van der Waals surface area contributed by atoms with Gasteiger partial charge in [0.1, 0.15) is 10.8 Å². The first kappa shape index (κ1) is 22.6. The molecule has 2 aromatic heterocycles. The van der Waals surface area contributed by atoms with Crippen molar-refractivity contribution in [3.8, 4) is 16.3 Å². The lowest BCUT2D eigenvalue weighted by molar-refractivity contribution is 0.415. The van der Waals surface area contributed by atoms with Crippen LogP contribution in [0.1, 0.15) is 17.0 Å². The van der Waals surface area contributed by atoms with E-state index in [1.165, 1.54) is 11.3 Å². The highest BCUT2D eigenvalue weighted by Crippen LogP contribution is 2.30. The number of hydrogen-bond donors (Lipinski definition) is 0. The average molecular weight is 510 g/mol. The summed E-state index contributed by atoms with van der Waals surface area (Å²) in [5.41, 5.74) is 3.86. The SMILES string of the molecule is COc1ccc2c(c1)c(Cc1csc(-c3ccc(Cl)cc3)n1)nn2S(=O)(=O)c1ccc(C)cc1. The van der Waals surface area contributed by atoms with Gasteiger partial charge in [0.15, 0.2) is 0 Å². The Balaban J connectivity index is 1.58. The molecule has 0 atom stereocenters. The lowest BCUT2D eigenvalue weighted by Crippen LogP contribution is -2.14. The lowest BCUT2D eigenvalue weighted by Gasteiger charge is -2.06. The summed E-state index contributed by atoms with van der Waals surface area (Å²) in [4.78, 5) is 4.92. The summed E-state index contributed by atoms with van der Waals surface area (Å²) >= 11 is 7.52. The molecule has 0 saturated carbocycles. The number of hydrogen-bond acceptors (Lipinski definition) is 6. The fourth-order valence-corrected chi connectivity index (χ4v) is 5.92. The van der Waals surface area contributed by atoms with Crippen LogP contribution < -0.4 is 4.74 Å². The van der Waals surface area contributed by atoms with Gasteiger partial charge >= 0.3 is 0 Å². The second-order valence-electron chi connectivity index (χ2n) is 7.82. The van der Waals surface area contributed by atoms with E-state index in [-0.39, 0.29) is 4.90 Å². The van der Waals surface area contributed by atoms with Gasteiger partial charge in [-0.05, 0) is 49.4 Å². The molecule has 0 N–H and O–H groups in total. The molecule has 6 nitrogen and oxygen atoms in total. The van der Waals surface area contributed by atoms with E-state index in [0.29, 0.717) is 33.8 Å². The van der Waals surface area contributed by atoms with Gasteiger partial charge in [0.25, 0.3) is 10.0 Å². The Labute approximate surface area is 206 Å². The van der Waals surface area contributed by atoms with Crippen LogP contribution in [0.4, 0.5) is 0 Å². The normalized spacial score (nSPS) is 11.7. The maximum atomic E-state index is 13.4. The third-order valence-corrected chi connectivity index (χ3v) is 8.26. The van der Waals surface area contributed by atoms with Crippen LogP contribution in [0.15, 0.2) is 77.0 Å². The van der Waals surface area contributed by atoms with Crippen LogP contribution in [-0.4, -0.2) is 29.7 Å². The van der Waals surface area contributed by atoms with Crippen molar-refractivity contribution >= 4 is 43.9 Å². The number of halogens is 1. The molecular weight excluding hydrogens is 490 g/mol. The molecule has 0 fully saturated rings. The highest BCUT2D eigenvalue weighted by atomic mass is 35.5. The van der Waals surface area contributed by atoms with E-state index in [0.717, 1.165) is 25.9 Å². The molecule has 172 valence electrons. The first-order valence-corrected chi connectivity index (χ1v) is 13.1. The van der Waals surface area contributed by atoms with Crippen LogP contribution in [0, 0.1) is 6.92 Å². The molecule has 3 aromatic carbocycles. The number of aryl methyl sites for hydroxylation is 1. The Bertz CT molecular complexity index is 1590. The zero-order valence-corrected chi connectivity index (χ0v) is 20.8. The largest absolute Gasteiger partial charge is 0.497 e. The fraction of sp³-hybridized carbons (Fsp3) is 0.120. The van der Waals surface area contributed by atoms with Crippen molar-refractivity contribution in [2.24, 2.45) is 0 Å². The maximum absolute atomic E-state index is 13.4. The summed E-state index contributed by atoms with van der Waals surface area (Å²) in [6.45, 7) is 1.91. The zero-order chi connectivity index (χ0) is 23.9. The Kier molecular flexibility index (Phi) is 5.89. The van der Waals surface area contributed by atoms with Crippen molar-refractivity contribution in [3.63, 3.8) is 0 Å². The number of ether oxygens (including phenoxy) is 1. The second-order valence-corrected chi connectivity index (χ2v) is 10.9. The third kappa shape index (κ3) is 4.20. The molecule has 0 bridgehead atoms. The molecule has 5 rings (SSSR count). The van der Waals surface area contributed by atoms with E-state index < -0.39 is 10.0 Å². The molecule has 0 aliphatic rings. The zero-order valence-electron chi connectivity index (χ0n) is 18.4. The molecule has 2 heterocycles. The quantitative estimate of drug-likeness (QED) is 0.282. The Morgan fingerprint density at radius 3 is 2.47 bits per heavy atom. The third-order valence-electron chi connectivity index (χ3n) is 5.47. The second kappa shape index (κ2) is 8.87. The van der Waals surface area contributed by atoms with Crippen LogP contribution in [0.2, 0.25) is 5.02 Å². The molecule has 0 aliphatic carbocycles. The van der Waals surface area contributed by atoms with Crippen molar-refractivity contribution < 1.29 is 13.2 Å². The predicted octanol–water partition coefficient (Wildman–Crippen LogP) is 5.96. The van der Waals surface area contributed by atoms with Gasteiger partial charge in [-0.2, -0.15) is 17.6 Å². The van der Waals surface area contributed by atoms with Crippen LogP contribution >= 0.6 is 22.9 Å². The monoisotopic (exact) mass is 509 g/mol. The number of methoxy groups -OCH3 is 1. The number of rotatable bonds is 6. The van der Waals surface area contributed by atoms with Crippen molar-refractivity contribution in [1.82, 2.24) is 14.2 Å². The molecule has 0 saturated heterocycles. The van der Waals surface area contributed by atoms with Gasteiger partial charge in [-0.15, -0.1) is 11.3 Å². The van der Waals surface area contributed by atoms with E-state index in [9.17, 15) is 8.42 Å². The molecule has 0 radical (unpaired) electrons. The van der Waals surface area contributed by atoms with E-state index >= 15 is 0 Å². The molecule has 9 heteroatoms. The van der Waals surface area contributed by atoms with Crippen molar-refractivity contribution in [1.29, 1.82) is 0 Å². The average Bonchev–Trinajstić information content (AvgIpc) is 3.45.